The van der Waals surface area contributed by atoms with E-state index in [0.717, 1.165) is 74.6 Å². The number of carbonyl (C=O) groups is 1. The van der Waals surface area contributed by atoms with Gasteiger partial charge >= 0.3 is 0 Å². The highest BCUT2D eigenvalue weighted by Gasteiger charge is 2.31. The summed E-state index contributed by atoms with van der Waals surface area (Å²) in [5.74, 6) is 1.51. The van der Waals surface area contributed by atoms with Crippen molar-refractivity contribution in [1.29, 1.82) is 0 Å². The van der Waals surface area contributed by atoms with Gasteiger partial charge in [-0.15, -0.1) is 0 Å². The molecule has 2 aliphatic rings. The van der Waals surface area contributed by atoms with Gasteiger partial charge in [0.2, 0.25) is 11.9 Å². The molecule has 4 rings (SSSR count). The van der Waals surface area contributed by atoms with Crippen LogP contribution in [0, 0.1) is 5.92 Å². The Morgan fingerprint density at radius 2 is 1.90 bits per heavy atom. The Bertz CT molecular complexity index is 861. The SMILES string of the molecule is CCC(CC)C(=O)N1CCC[C@@H](c2nc(N3CCCCC3)ncc2-c2cccnc2)C1. The monoisotopic (exact) mass is 421 g/mol. The first-order chi connectivity index (χ1) is 15.2. The van der Waals surface area contributed by atoms with Crippen LogP contribution in [0.15, 0.2) is 30.7 Å². The molecule has 4 heterocycles. The average molecular weight is 422 g/mol. The first kappa shape index (κ1) is 21.7. The lowest BCUT2D eigenvalue weighted by atomic mass is 9.89. The highest BCUT2D eigenvalue weighted by Crippen LogP contribution is 2.34. The maximum Gasteiger partial charge on any atom is 0.225 e. The van der Waals surface area contributed by atoms with E-state index in [4.69, 9.17) is 9.97 Å². The summed E-state index contributed by atoms with van der Waals surface area (Å²) in [7, 11) is 0. The van der Waals surface area contributed by atoms with Crippen LogP contribution in [0.25, 0.3) is 11.1 Å². The third-order valence-corrected chi connectivity index (χ3v) is 6.87. The molecule has 6 heteroatoms. The van der Waals surface area contributed by atoms with E-state index in [1.165, 1.54) is 19.3 Å². The topological polar surface area (TPSA) is 62.2 Å². The predicted molar refractivity (Wildman–Crippen MR) is 124 cm³/mol. The van der Waals surface area contributed by atoms with Crippen LogP contribution in [0.5, 0.6) is 0 Å². The summed E-state index contributed by atoms with van der Waals surface area (Å²) in [6.45, 7) is 7.88. The lowest BCUT2D eigenvalue weighted by Gasteiger charge is -2.35. The molecule has 0 aromatic carbocycles. The molecule has 0 unspecified atom stereocenters. The molecule has 1 amide bonds. The van der Waals surface area contributed by atoms with Gasteiger partial charge in [-0.3, -0.25) is 9.78 Å². The van der Waals surface area contributed by atoms with Crippen LogP contribution in [0.3, 0.4) is 0 Å². The maximum atomic E-state index is 13.1. The molecule has 166 valence electrons. The van der Waals surface area contributed by atoms with Crippen molar-refractivity contribution in [3.05, 3.63) is 36.4 Å². The largest absolute Gasteiger partial charge is 0.342 e. The van der Waals surface area contributed by atoms with Crippen LogP contribution in [-0.4, -0.2) is 51.9 Å². The van der Waals surface area contributed by atoms with Crippen molar-refractivity contribution in [2.24, 2.45) is 5.92 Å². The van der Waals surface area contributed by atoms with E-state index in [0.29, 0.717) is 5.91 Å². The van der Waals surface area contributed by atoms with E-state index in [2.05, 4.69) is 34.7 Å². The van der Waals surface area contributed by atoms with E-state index in [1.807, 2.05) is 18.5 Å². The molecule has 0 aliphatic carbocycles. The van der Waals surface area contributed by atoms with Crippen molar-refractivity contribution >= 4 is 11.9 Å². The third-order valence-electron chi connectivity index (χ3n) is 6.87. The summed E-state index contributed by atoms with van der Waals surface area (Å²) in [6.07, 6.45) is 13.2. The normalized spacial score (nSPS) is 19.6. The molecule has 0 bridgehead atoms. The predicted octanol–water partition coefficient (Wildman–Crippen LogP) is 4.67. The fourth-order valence-electron chi connectivity index (χ4n) is 4.98. The van der Waals surface area contributed by atoms with Crippen LogP contribution in [0.2, 0.25) is 0 Å². The molecule has 31 heavy (non-hydrogen) atoms. The van der Waals surface area contributed by atoms with Crippen molar-refractivity contribution in [2.75, 3.05) is 31.1 Å². The van der Waals surface area contributed by atoms with E-state index >= 15 is 0 Å². The van der Waals surface area contributed by atoms with Crippen molar-refractivity contribution in [3.63, 3.8) is 0 Å². The number of rotatable bonds is 6. The van der Waals surface area contributed by atoms with Crippen molar-refractivity contribution in [1.82, 2.24) is 19.9 Å². The molecule has 1 atom stereocenters. The first-order valence-corrected chi connectivity index (χ1v) is 12.0. The van der Waals surface area contributed by atoms with Crippen LogP contribution in [0.1, 0.15) is 70.4 Å². The lowest BCUT2D eigenvalue weighted by molar-refractivity contribution is -0.137. The number of pyridine rings is 1. The van der Waals surface area contributed by atoms with E-state index in [1.54, 1.807) is 6.20 Å². The second-order valence-electron chi connectivity index (χ2n) is 8.90. The summed E-state index contributed by atoms with van der Waals surface area (Å²) >= 11 is 0. The molecule has 2 fully saturated rings. The smallest absolute Gasteiger partial charge is 0.225 e. The van der Waals surface area contributed by atoms with Crippen molar-refractivity contribution in [3.8, 4) is 11.1 Å². The van der Waals surface area contributed by atoms with Gasteiger partial charge in [-0.2, -0.15) is 0 Å². The summed E-state index contributed by atoms with van der Waals surface area (Å²) in [5.41, 5.74) is 3.17. The van der Waals surface area contributed by atoms with Gasteiger partial charge in [-0.05, 0) is 51.0 Å². The minimum absolute atomic E-state index is 0.130. The van der Waals surface area contributed by atoms with Gasteiger partial charge in [-0.1, -0.05) is 19.9 Å². The molecule has 0 radical (unpaired) electrons. The zero-order chi connectivity index (χ0) is 21.6. The second kappa shape index (κ2) is 10.2. The van der Waals surface area contributed by atoms with Crippen LogP contribution < -0.4 is 4.90 Å². The van der Waals surface area contributed by atoms with Gasteiger partial charge in [0.25, 0.3) is 0 Å². The maximum absolute atomic E-state index is 13.1. The minimum atomic E-state index is 0.130. The Hall–Kier alpha value is -2.50. The Morgan fingerprint density at radius 1 is 1.10 bits per heavy atom. The second-order valence-corrected chi connectivity index (χ2v) is 8.90. The molecule has 0 spiro atoms. The molecule has 2 saturated heterocycles. The minimum Gasteiger partial charge on any atom is -0.342 e. The Balaban J connectivity index is 1.66. The van der Waals surface area contributed by atoms with Gasteiger partial charge in [0.1, 0.15) is 0 Å². The van der Waals surface area contributed by atoms with Gasteiger partial charge in [0.05, 0.1) is 5.69 Å². The van der Waals surface area contributed by atoms with E-state index in [9.17, 15) is 4.79 Å². The number of anilines is 1. The summed E-state index contributed by atoms with van der Waals surface area (Å²) in [4.78, 5) is 31.7. The number of likely N-dealkylation sites (tertiary alicyclic amines) is 1. The molecular formula is C25H35N5O. The number of aromatic nitrogens is 3. The molecular weight excluding hydrogens is 386 g/mol. The van der Waals surface area contributed by atoms with Crippen LogP contribution >= 0.6 is 0 Å². The Morgan fingerprint density at radius 3 is 2.61 bits per heavy atom. The zero-order valence-corrected chi connectivity index (χ0v) is 19.0. The molecule has 0 saturated carbocycles. The Kier molecular flexibility index (Phi) is 7.15. The molecule has 6 nitrogen and oxygen atoms in total. The average Bonchev–Trinajstić information content (AvgIpc) is 2.85. The van der Waals surface area contributed by atoms with Gasteiger partial charge in [0, 0.05) is 67.7 Å². The molecule has 2 aliphatic heterocycles. The third kappa shape index (κ3) is 4.89. The fourth-order valence-corrected chi connectivity index (χ4v) is 4.98. The van der Waals surface area contributed by atoms with Gasteiger partial charge in [-0.25, -0.2) is 9.97 Å². The highest BCUT2D eigenvalue weighted by atomic mass is 16.2. The molecule has 2 aromatic rings. The quantitative estimate of drug-likeness (QED) is 0.678. The van der Waals surface area contributed by atoms with Gasteiger partial charge in [0.15, 0.2) is 0 Å². The van der Waals surface area contributed by atoms with E-state index in [-0.39, 0.29) is 11.8 Å². The standard InChI is InChI=1S/C25H35N5O/c1-3-19(4-2)24(31)30-15-9-11-21(18-30)23-22(20-10-8-12-26-16-20)17-27-25(28-23)29-13-6-5-7-14-29/h8,10,12,16-17,19,21H,3-7,9,11,13-15,18H2,1-2H3/t21-/m1/s1. The van der Waals surface area contributed by atoms with Crippen LogP contribution in [-0.2, 0) is 4.79 Å². The number of hydrogen-bond acceptors (Lipinski definition) is 5. The number of piperidine rings is 2. The number of carbonyl (C=O) groups excluding carboxylic acids is 1. The number of hydrogen-bond donors (Lipinski definition) is 0. The zero-order valence-electron chi connectivity index (χ0n) is 19.0. The Labute approximate surface area is 186 Å². The van der Waals surface area contributed by atoms with Gasteiger partial charge < -0.3 is 9.80 Å². The van der Waals surface area contributed by atoms with E-state index < -0.39 is 0 Å². The summed E-state index contributed by atoms with van der Waals surface area (Å²) < 4.78 is 0. The van der Waals surface area contributed by atoms with Crippen molar-refractivity contribution < 1.29 is 4.79 Å². The lowest BCUT2D eigenvalue weighted by Crippen LogP contribution is -2.42. The number of nitrogens with zero attached hydrogens (tertiary/aromatic N) is 5. The summed E-state index contributed by atoms with van der Waals surface area (Å²) in [6, 6.07) is 4.03. The summed E-state index contributed by atoms with van der Waals surface area (Å²) in [5, 5.41) is 0. The van der Waals surface area contributed by atoms with Crippen LogP contribution in [0.4, 0.5) is 5.95 Å². The number of amides is 1. The first-order valence-electron chi connectivity index (χ1n) is 12.0. The molecule has 0 N–H and O–H groups in total. The fraction of sp³-hybridized carbons (Fsp3) is 0.600. The van der Waals surface area contributed by atoms with Crippen molar-refractivity contribution in [2.45, 2.75) is 64.7 Å². The molecule has 2 aromatic heterocycles. The highest BCUT2D eigenvalue weighted by molar-refractivity contribution is 5.79.